The summed E-state index contributed by atoms with van der Waals surface area (Å²) in [6.45, 7) is -0.0537. The van der Waals surface area contributed by atoms with Crippen molar-refractivity contribution in [3.63, 3.8) is 0 Å². The Balaban J connectivity index is 2.82. The van der Waals surface area contributed by atoms with Crippen LogP contribution in [0.1, 0.15) is 5.56 Å². The Kier molecular flexibility index (Phi) is 1.98. The van der Waals surface area contributed by atoms with Gasteiger partial charge in [-0.3, -0.25) is 4.68 Å². The smallest absolute Gasteiger partial charge is 0.0927 e. The number of fused-ring (bicyclic) bond motifs is 1. The minimum absolute atomic E-state index is 0.0537. The molecule has 1 aromatic carbocycles. The van der Waals surface area contributed by atoms with Gasteiger partial charge in [-0.2, -0.15) is 5.10 Å². The van der Waals surface area contributed by atoms with Crippen molar-refractivity contribution in [1.29, 1.82) is 0 Å². The maximum Gasteiger partial charge on any atom is 0.0927 e. The van der Waals surface area contributed by atoms with Crippen LogP contribution >= 0.6 is 11.6 Å². The Hall–Kier alpha value is -1.06. The molecule has 0 aliphatic heterocycles. The maximum absolute atomic E-state index is 9.10. The van der Waals surface area contributed by atoms with E-state index in [1.54, 1.807) is 10.7 Å². The third-order valence-corrected chi connectivity index (χ3v) is 2.37. The molecule has 4 heteroatoms. The van der Waals surface area contributed by atoms with Crippen molar-refractivity contribution in [2.75, 3.05) is 0 Å². The van der Waals surface area contributed by atoms with Crippen LogP contribution in [0.15, 0.2) is 18.3 Å². The highest BCUT2D eigenvalue weighted by molar-refractivity contribution is 6.32. The number of rotatable bonds is 1. The zero-order valence-electron chi connectivity index (χ0n) is 7.16. The summed E-state index contributed by atoms with van der Waals surface area (Å²) in [6.07, 6.45) is 1.85. The summed E-state index contributed by atoms with van der Waals surface area (Å²) < 4.78 is 1.71. The molecule has 0 saturated carbocycles. The number of aliphatic hydroxyl groups is 1. The summed E-state index contributed by atoms with van der Waals surface area (Å²) in [5, 5.41) is 14.8. The minimum atomic E-state index is -0.0537. The molecule has 0 fully saturated rings. The van der Waals surface area contributed by atoms with Gasteiger partial charge in [0.25, 0.3) is 0 Å². The van der Waals surface area contributed by atoms with Gasteiger partial charge in [0, 0.05) is 29.2 Å². The van der Waals surface area contributed by atoms with Crippen LogP contribution < -0.4 is 0 Å². The van der Waals surface area contributed by atoms with Gasteiger partial charge in [0.2, 0.25) is 0 Å². The lowest BCUT2D eigenvalue weighted by Gasteiger charge is -1.99. The average Bonchev–Trinajstić information content (AvgIpc) is 2.45. The van der Waals surface area contributed by atoms with Crippen molar-refractivity contribution in [2.24, 2.45) is 7.05 Å². The van der Waals surface area contributed by atoms with Gasteiger partial charge in [-0.1, -0.05) is 11.6 Å². The Morgan fingerprint density at radius 3 is 3.00 bits per heavy atom. The largest absolute Gasteiger partial charge is 0.392 e. The fourth-order valence-electron chi connectivity index (χ4n) is 1.40. The predicted molar refractivity (Wildman–Crippen MR) is 51.6 cm³/mol. The maximum atomic E-state index is 9.10. The molecular formula is C9H9ClN2O. The first-order valence-electron chi connectivity index (χ1n) is 3.94. The molecule has 3 nitrogen and oxygen atoms in total. The van der Waals surface area contributed by atoms with Crippen LogP contribution in [0.5, 0.6) is 0 Å². The lowest BCUT2D eigenvalue weighted by molar-refractivity contribution is 0.283. The average molecular weight is 197 g/mol. The SMILES string of the molecule is Cn1cc2c(CO)c(Cl)ccc2n1. The second-order valence-corrected chi connectivity index (χ2v) is 3.33. The van der Waals surface area contributed by atoms with Crippen molar-refractivity contribution < 1.29 is 5.11 Å². The zero-order valence-corrected chi connectivity index (χ0v) is 7.91. The first kappa shape index (κ1) is 8.53. The van der Waals surface area contributed by atoms with E-state index in [-0.39, 0.29) is 6.61 Å². The van der Waals surface area contributed by atoms with E-state index in [0.717, 1.165) is 16.5 Å². The zero-order chi connectivity index (χ0) is 9.42. The normalized spacial score (nSPS) is 11.0. The van der Waals surface area contributed by atoms with Crippen LogP contribution in [-0.2, 0) is 13.7 Å². The number of aromatic nitrogens is 2. The highest BCUT2D eigenvalue weighted by atomic mass is 35.5. The van der Waals surface area contributed by atoms with Gasteiger partial charge in [-0.05, 0) is 12.1 Å². The van der Waals surface area contributed by atoms with Gasteiger partial charge in [-0.15, -0.1) is 0 Å². The van der Waals surface area contributed by atoms with Crippen LogP contribution in [0, 0.1) is 0 Å². The fourth-order valence-corrected chi connectivity index (χ4v) is 1.63. The van der Waals surface area contributed by atoms with Crippen LogP contribution in [0.3, 0.4) is 0 Å². The van der Waals surface area contributed by atoms with Crippen molar-refractivity contribution in [1.82, 2.24) is 9.78 Å². The van der Waals surface area contributed by atoms with E-state index in [0.29, 0.717) is 5.02 Å². The summed E-state index contributed by atoms with van der Waals surface area (Å²) in [6, 6.07) is 3.60. The fraction of sp³-hybridized carbons (Fsp3) is 0.222. The van der Waals surface area contributed by atoms with Crippen LogP contribution in [-0.4, -0.2) is 14.9 Å². The summed E-state index contributed by atoms with van der Waals surface area (Å²) in [7, 11) is 1.84. The number of aliphatic hydroxyl groups excluding tert-OH is 1. The highest BCUT2D eigenvalue weighted by Gasteiger charge is 2.07. The van der Waals surface area contributed by atoms with Gasteiger partial charge in [-0.25, -0.2) is 0 Å². The molecule has 0 amide bonds. The molecule has 2 aromatic rings. The first-order valence-corrected chi connectivity index (χ1v) is 4.32. The van der Waals surface area contributed by atoms with Crippen LogP contribution in [0.2, 0.25) is 5.02 Å². The quantitative estimate of drug-likeness (QED) is 0.754. The van der Waals surface area contributed by atoms with E-state index in [2.05, 4.69) is 5.10 Å². The molecular weight excluding hydrogens is 188 g/mol. The minimum Gasteiger partial charge on any atom is -0.392 e. The predicted octanol–water partition coefficient (Wildman–Crippen LogP) is 1.72. The molecule has 2 rings (SSSR count). The number of aryl methyl sites for hydroxylation is 1. The van der Waals surface area contributed by atoms with Gasteiger partial charge < -0.3 is 5.11 Å². The van der Waals surface area contributed by atoms with Gasteiger partial charge in [0.1, 0.15) is 0 Å². The van der Waals surface area contributed by atoms with Crippen molar-refractivity contribution >= 4 is 22.5 Å². The van der Waals surface area contributed by atoms with Crippen molar-refractivity contribution in [3.05, 3.63) is 28.9 Å². The molecule has 0 unspecified atom stereocenters. The molecule has 1 N–H and O–H groups in total. The second kappa shape index (κ2) is 3.01. The highest BCUT2D eigenvalue weighted by Crippen LogP contribution is 2.24. The van der Waals surface area contributed by atoms with Crippen LogP contribution in [0.25, 0.3) is 10.9 Å². The summed E-state index contributed by atoms with van der Waals surface area (Å²) in [5.41, 5.74) is 1.60. The molecule has 1 aromatic heterocycles. The van der Waals surface area contributed by atoms with Gasteiger partial charge >= 0.3 is 0 Å². The Bertz CT molecular complexity index is 450. The monoisotopic (exact) mass is 196 g/mol. The first-order chi connectivity index (χ1) is 6.22. The van der Waals surface area contributed by atoms with Crippen LogP contribution in [0.4, 0.5) is 0 Å². The third-order valence-electron chi connectivity index (χ3n) is 2.02. The van der Waals surface area contributed by atoms with E-state index in [4.69, 9.17) is 16.7 Å². The molecule has 0 aliphatic carbocycles. The molecule has 13 heavy (non-hydrogen) atoms. The molecule has 0 spiro atoms. The molecule has 0 bridgehead atoms. The van der Waals surface area contributed by atoms with Crippen molar-refractivity contribution in [3.8, 4) is 0 Å². The number of hydrogen-bond acceptors (Lipinski definition) is 2. The molecule has 0 aliphatic rings. The molecule has 0 saturated heterocycles. The lowest BCUT2D eigenvalue weighted by atomic mass is 10.1. The summed E-state index contributed by atoms with van der Waals surface area (Å²) >= 11 is 5.92. The molecule has 0 radical (unpaired) electrons. The Morgan fingerprint density at radius 1 is 1.54 bits per heavy atom. The second-order valence-electron chi connectivity index (χ2n) is 2.92. The molecule has 1 heterocycles. The van der Waals surface area contributed by atoms with Gasteiger partial charge in [0.05, 0.1) is 12.1 Å². The number of halogens is 1. The lowest BCUT2D eigenvalue weighted by Crippen LogP contribution is -1.85. The van der Waals surface area contributed by atoms with E-state index in [1.165, 1.54) is 0 Å². The topological polar surface area (TPSA) is 38.0 Å². The van der Waals surface area contributed by atoms with Crippen molar-refractivity contribution in [2.45, 2.75) is 6.61 Å². The summed E-state index contributed by atoms with van der Waals surface area (Å²) in [5.74, 6) is 0. The summed E-state index contributed by atoms with van der Waals surface area (Å²) in [4.78, 5) is 0. The molecule has 0 atom stereocenters. The number of nitrogens with zero attached hydrogens (tertiary/aromatic N) is 2. The standard InChI is InChI=1S/C9H9ClN2O/c1-12-4-6-7(5-13)8(10)2-3-9(6)11-12/h2-4,13H,5H2,1H3. The van der Waals surface area contributed by atoms with E-state index >= 15 is 0 Å². The van der Waals surface area contributed by atoms with E-state index < -0.39 is 0 Å². The third kappa shape index (κ3) is 1.30. The number of hydrogen-bond donors (Lipinski definition) is 1. The van der Waals surface area contributed by atoms with Gasteiger partial charge in [0.15, 0.2) is 0 Å². The van der Waals surface area contributed by atoms with E-state index in [9.17, 15) is 0 Å². The number of benzene rings is 1. The van der Waals surface area contributed by atoms with E-state index in [1.807, 2.05) is 19.3 Å². The Morgan fingerprint density at radius 2 is 2.31 bits per heavy atom. The Labute approximate surface area is 80.5 Å². The molecule has 68 valence electrons.